The fourth-order valence-electron chi connectivity index (χ4n) is 1.60. The van der Waals surface area contributed by atoms with E-state index in [0.717, 1.165) is 28.9 Å². The number of aryl methyl sites for hydroxylation is 1. The lowest BCUT2D eigenvalue weighted by molar-refractivity contribution is 0.533. The zero-order valence-electron chi connectivity index (χ0n) is 10.2. The molecule has 0 aliphatic carbocycles. The third kappa shape index (κ3) is 3.79. The maximum absolute atomic E-state index is 4.27. The molecule has 5 heteroatoms. The van der Waals surface area contributed by atoms with Crippen molar-refractivity contribution in [2.75, 3.05) is 18.1 Å². The zero-order chi connectivity index (χ0) is 12.0. The molecule has 0 amide bonds. The number of thioether (sulfide) groups is 1. The molecule has 0 aromatic carbocycles. The first kappa shape index (κ1) is 14.1. The SMILES string of the molecule is CCCNC(CSCC)c1c(Br)cnn1C. The highest BCUT2D eigenvalue weighted by Crippen LogP contribution is 2.25. The molecule has 92 valence electrons. The minimum absolute atomic E-state index is 0.381. The van der Waals surface area contributed by atoms with Gasteiger partial charge in [-0.05, 0) is 34.6 Å². The predicted octanol–water partition coefficient (Wildman–Crippen LogP) is 2.98. The molecule has 1 heterocycles. The Labute approximate surface area is 110 Å². The van der Waals surface area contributed by atoms with Gasteiger partial charge < -0.3 is 5.32 Å². The smallest absolute Gasteiger partial charge is 0.0700 e. The lowest BCUT2D eigenvalue weighted by Crippen LogP contribution is -2.26. The molecular formula is C11H20BrN3S. The van der Waals surface area contributed by atoms with Crippen molar-refractivity contribution in [3.8, 4) is 0 Å². The van der Waals surface area contributed by atoms with E-state index < -0.39 is 0 Å². The Morgan fingerprint density at radius 1 is 1.56 bits per heavy atom. The van der Waals surface area contributed by atoms with Gasteiger partial charge in [-0.25, -0.2) is 0 Å². The molecule has 3 nitrogen and oxygen atoms in total. The van der Waals surface area contributed by atoms with Crippen LogP contribution < -0.4 is 5.32 Å². The van der Waals surface area contributed by atoms with Gasteiger partial charge in [0.2, 0.25) is 0 Å². The standard InChI is InChI=1S/C11H20BrN3S/c1-4-6-13-10(8-16-5-2)11-9(12)7-14-15(11)3/h7,10,13H,4-6,8H2,1-3H3. The number of rotatable bonds is 7. The van der Waals surface area contributed by atoms with E-state index in [0.29, 0.717) is 6.04 Å². The van der Waals surface area contributed by atoms with Gasteiger partial charge in [0.15, 0.2) is 0 Å². The molecule has 0 saturated carbocycles. The summed E-state index contributed by atoms with van der Waals surface area (Å²) in [6.45, 7) is 5.43. The molecule has 0 fully saturated rings. The van der Waals surface area contributed by atoms with E-state index in [4.69, 9.17) is 0 Å². The molecule has 0 aliphatic heterocycles. The van der Waals surface area contributed by atoms with Crippen LogP contribution in [0.25, 0.3) is 0 Å². The summed E-state index contributed by atoms with van der Waals surface area (Å²) in [5.74, 6) is 2.24. The minimum atomic E-state index is 0.381. The number of hydrogen-bond acceptors (Lipinski definition) is 3. The predicted molar refractivity (Wildman–Crippen MR) is 74.9 cm³/mol. The van der Waals surface area contributed by atoms with Gasteiger partial charge >= 0.3 is 0 Å². The van der Waals surface area contributed by atoms with Crippen LogP contribution in [0.2, 0.25) is 0 Å². The van der Waals surface area contributed by atoms with Crippen LogP contribution in [0.4, 0.5) is 0 Å². The van der Waals surface area contributed by atoms with Crippen LogP contribution in [0.1, 0.15) is 32.0 Å². The third-order valence-corrected chi connectivity index (χ3v) is 3.99. The number of nitrogens with one attached hydrogen (secondary N) is 1. The van der Waals surface area contributed by atoms with Gasteiger partial charge in [0.05, 0.1) is 22.4 Å². The summed E-state index contributed by atoms with van der Waals surface area (Å²) in [5, 5.41) is 7.85. The Morgan fingerprint density at radius 2 is 2.31 bits per heavy atom. The topological polar surface area (TPSA) is 29.9 Å². The van der Waals surface area contributed by atoms with Crippen molar-refractivity contribution < 1.29 is 0 Å². The molecule has 0 saturated heterocycles. The minimum Gasteiger partial charge on any atom is -0.308 e. The van der Waals surface area contributed by atoms with E-state index >= 15 is 0 Å². The average molecular weight is 306 g/mol. The second kappa shape index (κ2) is 7.35. The second-order valence-electron chi connectivity index (χ2n) is 3.67. The largest absolute Gasteiger partial charge is 0.308 e. The highest BCUT2D eigenvalue weighted by atomic mass is 79.9. The molecule has 0 aliphatic rings. The van der Waals surface area contributed by atoms with Crippen LogP contribution in [-0.2, 0) is 7.05 Å². The zero-order valence-corrected chi connectivity index (χ0v) is 12.6. The Morgan fingerprint density at radius 3 is 2.81 bits per heavy atom. The Hall–Kier alpha value is 0. The number of halogens is 1. The van der Waals surface area contributed by atoms with Crippen LogP contribution in [0, 0.1) is 0 Å². The van der Waals surface area contributed by atoms with Crippen molar-refractivity contribution in [1.82, 2.24) is 15.1 Å². The van der Waals surface area contributed by atoms with E-state index in [9.17, 15) is 0 Å². The van der Waals surface area contributed by atoms with Crippen molar-refractivity contribution in [3.63, 3.8) is 0 Å². The summed E-state index contributed by atoms with van der Waals surface area (Å²) in [5.41, 5.74) is 1.24. The van der Waals surface area contributed by atoms with Crippen LogP contribution in [0.3, 0.4) is 0 Å². The Balaban J connectivity index is 2.74. The van der Waals surface area contributed by atoms with Gasteiger partial charge in [0.25, 0.3) is 0 Å². The van der Waals surface area contributed by atoms with Crippen LogP contribution in [0.15, 0.2) is 10.7 Å². The highest BCUT2D eigenvalue weighted by Gasteiger charge is 2.17. The van der Waals surface area contributed by atoms with Crippen LogP contribution >= 0.6 is 27.7 Å². The highest BCUT2D eigenvalue weighted by molar-refractivity contribution is 9.10. The molecule has 16 heavy (non-hydrogen) atoms. The maximum atomic E-state index is 4.27. The van der Waals surface area contributed by atoms with E-state index in [1.54, 1.807) is 0 Å². The third-order valence-electron chi connectivity index (χ3n) is 2.40. The van der Waals surface area contributed by atoms with Gasteiger partial charge in [-0.3, -0.25) is 4.68 Å². The number of aromatic nitrogens is 2. The lowest BCUT2D eigenvalue weighted by atomic mass is 10.2. The first-order valence-corrected chi connectivity index (χ1v) is 7.64. The van der Waals surface area contributed by atoms with Crippen molar-refractivity contribution in [2.24, 2.45) is 7.05 Å². The number of nitrogens with zero attached hydrogens (tertiary/aromatic N) is 2. The quantitative estimate of drug-likeness (QED) is 0.840. The normalized spacial score (nSPS) is 13.0. The molecule has 1 aromatic heterocycles. The van der Waals surface area contributed by atoms with Gasteiger partial charge in [-0.1, -0.05) is 13.8 Å². The Bertz CT molecular complexity index is 287. The summed E-state index contributed by atoms with van der Waals surface area (Å²) in [7, 11) is 2.00. The van der Waals surface area contributed by atoms with Gasteiger partial charge in [0.1, 0.15) is 0 Å². The molecule has 0 spiro atoms. The summed E-state index contributed by atoms with van der Waals surface area (Å²) >= 11 is 5.53. The average Bonchev–Trinajstić information content (AvgIpc) is 2.60. The van der Waals surface area contributed by atoms with E-state index in [2.05, 4.69) is 40.2 Å². The molecule has 1 aromatic rings. The molecule has 0 radical (unpaired) electrons. The van der Waals surface area contributed by atoms with Crippen LogP contribution in [0.5, 0.6) is 0 Å². The second-order valence-corrected chi connectivity index (χ2v) is 5.84. The summed E-state index contributed by atoms with van der Waals surface area (Å²) in [4.78, 5) is 0. The molecule has 1 unspecified atom stereocenters. The first-order valence-electron chi connectivity index (χ1n) is 5.69. The molecule has 1 N–H and O–H groups in total. The van der Waals surface area contributed by atoms with Gasteiger partial charge in [-0.2, -0.15) is 16.9 Å². The number of hydrogen-bond donors (Lipinski definition) is 1. The molecule has 0 bridgehead atoms. The first-order chi connectivity index (χ1) is 7.70. The van der Waals surface area contributed by atoms with Gasteiger partial charge in [-0.15, -0.1) is 0 Å². The summed E-state index contributed by atoms with van der Waals surface area (Å²) in [6, 6.07) is 0.381. The molecule has 1 rings (SSSR count). The molecule has 1 atom stereocenters. The molecular weight excluding hydrogens is 286 g/mol. The fourth-order valence-corrected chi connectivity index (χ4v) is 2.97. The lowest BCUT2D eigenvalue weighted by Gasteiger charge is -2.19. The van der Waals surface area contributed by atoms with Crippen molar-refractivity contribution in [2.45, 2.75) is 26.3 Å². The van der Waals surface area contributed by atoms with Crippen molar-refractivity contribution in [1.29, 1.82) is 0 Å². The van der Waals surface area contributed by atoms with E-state index in [1.165, 1.54) is 5.69 Å². The van der Waals surface area contributed by atoms with Crippen LogP contribution in [-0.4, -0.2) is 27.8 Å². The summed E-state index contributed by atoms with van der Waals surface area (Å²) in [6.07, 6.45) is 3.02. The monoisotopic (exact) mass is 305 g/mol. The van der Waals surface area contributed by atoms with E-state index in [-0.39, 0.29) is 0 Å². The van der Waals surface area contributed by atoms with E-state index in [1.807, 2.05) is 29.7 Å². The maximum Gasteiger partial charge on any atom is 0.0700 e. The summed E-state index contributed by atoms with van der Waals surface area (Å²) < 4.78 is 3.05. The Kier molecular flexibility index (Phi) is 6.46. The van der Waals surface area contributed by atoms with Crippen molar-refractivity contribution >= 4 is 27.7 Å². The fraction of sp³-hybridized carbons (Fsp3) is 0.727. The van der Waals surface area contributed by atoms with Gasteiger partial charge in [0, 0.05) is 12.8 Å². The van der Waals surface area contributed by atoms with Crippen molar-refractivity contribution in [3.05, 3.63) is 16.4 Å².